The van der Waals surface area contributed by atoms with Crippen LogP contribution in [0.3, 0.4) is 0 Å². The van der Waals surface area contributed by atoms with Crippen LogP contribution in [0.15, 0.2) is 12.3 Å². The first-order chi connectivity index (χ1) is 8.66. The molecule has 1 atom stereocenters. The summed E-state index contributed by atoms with van der Waals surface area (Å²) in [4.78, 5) is 14.3. The summed E-state index contributed by atoms with van der Waals surface area (Å²) in [5, 5.41) is 17.3. The molecule has 2 rings (SSSR count). The van der Waals surface area contributed by atoms with E-state index in [-0.39, 0.29) is 22.6 Å². The van der Waals surface area contributed by atoms with Gasteiger partial charge in [-0.25, -0.2) is 4.98 Å². The van der Waals surface area contributed by atoms with Crippen LogP contribution < -0.4 is 10.6 Å². The van der Waals surface area contributed by atoms with Crippen molar-refractivity contribution < 1.29 is 9.66 Å². The van der Waals surface area contributed by atoms with E-state index in [1.54, 1.807) is 0 Å². The molecule has 1 aliphatic heterocycles. The monoisotopic (exact) mass is 272 g/mol. The number of rotatable bonds is 4. The molecule has 8 heteroatoms. The third-order valence-corrected chi connectivity index (χ3v) is 2.75. The Kier molecular flexibility index (Phi) is 4.29. The molecular formula is C10H13ClN4O3. The molecule has 1 aromatic rings. The lowest BCUT2D eigenvalue weighted by Gasteiger charge is -2.24. The molecule has 1 aliphatic rings. The van der Waals surface area contributed by atoms with E-state index in [0.29, 0.717) is 19.8 Å². The maximum atomic E-state index is 10.9. The van der Waals surface area contributed by atoms with Crippen molar-refractivity contribution in [1.82, 2.24) is 10.3 Å². The molecular weight excluding hydrogens is 260 g/mol. The molecule has 0 aromatic carbocycles. The zero-order valence-corrected chi connectivity index (χ0v) is 10.3. The minimum atomic E-state index is -0.508. The molecule has 1 saturated heterocycles. The molecule has 18 heavy (non-hydrogen) atoms. The lowest BCUT2D eigenvalue weighted by Crippen LogP contribution is -2.45. The molecule has 0 saturated carbocycles. The zero-order valence-electron chi connectivity index (χ0n) is 9.56. The number of nitrogens with zero attached hydrogens (tertiary/aromatic N) is 2. The topological polar surface area (TPSA) is 89.3 Å². The number of nitro groups is 1. The first-order valence-electron chi connectivity index (χ1n) is 5.52. The van der Waals surface area contributed by atoms with Gasteiger partial charge < -0.3 is 15.4 Å². The number of hydrogen-bond donors (Lipinski definition) is 2. The predicted molar refractivity (Wildman–Crippen MR) is 67.0 cm³/mol. The molecule has 0 bridgehead atoms. The molecule has 7 nitrogen and oxygen atoms in total. The largest absolute Gasteiger partial charge is 0.378 e. The van der Waals surface area contributed by atoms with Crippen LogP contribution in [0.25, 0.3) is 0 Å². The second kappa shape index (κ2) is 5.94. The number of ether oxygens (including phenoxy) is 1. The number of hydrogen-bond acceptors (Lipinski definition) is 6. The van der Waals surface area contributed by atoms with Gasteiger partial charge in [0.05, 0.1) is 23.2 Å². The van der Waals surface area contributed by atoms with E-state index in [1.165, 1.54) is 12.3 Å². The van der Waals surface area contributed by atoms with Crippen LogP contribution in [-0.4, -0.2) is 42.3 Å². The van der Waals surface area contributed by atoms with Gasteiger partial charge in [-0.1, -0.05) is 11.6 Å². The lowest BCUT2D eigenvalue weighted by atomic mass is 10.2. The summed E-state index contributed by atoms with van der Waals surface area (Å²) in [7, 11) is 0. The zero-order chi connectivity index (χ0) is 13.0. The second-order valence-electron chi connectivity index (χ2n) is 3.89. The number of halogens is 1. The van der Waals surface area contributed by atoms with E-state index in [0.717, 1.165) is 6.54 Å². The SMILES string of the molecule is O=[N+]([O-])c1cc(Cl)cnc1NCC1COCCN1. The number of nitrogens with one attached hydrogen (secondary N) is 2. The summed E-state index contributed by atoms with van der Waals surface area (Å²) in [6.45, 7) is 2.56. The highest BCUT2D eigenvalue weighted by Crippen LogP contribution is 2.24. The molecule has 0 amide bonds. The van der Waals surface area contributed by atoms with Gasteiger partial charge in [0.15, 0.2) is 0 Å². The van der Waals surface area contributed by atoms with Crippen LogP contribution in [0.5, 0.6) is 0 Å². The highest BCUT2D eigenvalue weighted by Gasteiger charge is 2.18. The van der Waals surface area contributed by atoms with Crippen molar-refractivity contribution in [2.45, 2.75) is 6.04 Å². The molecule has 2 heterocycles. The summed E-state index contributed by atoms with van der Waals surface area (Å²) >= 11 is 5.68. The Bertz CT molecular complexity index is 437. The molecule has 1 fully saturated rings. The van der Waals surface area contributed by atoms with Crippen LogP contribution >= 0.6 is 11.6 Å². The van der Waals surface area contributed by atoms with Crippen LogP contribution in [-0.2, 0) is 4.74 Å². The molecule has 1 aromatic heterocycles. The Labute approximate surface area is 109 Å². The maximum absolute atomic E-state index is 10.9. The van der Waals surface area contributed by atoms with Gasteiger partial charge in [0, 0.05) is 31.4 Å². The Hall–Kier alpha value is -1.44. The fourth-order valence-corrected chi connectivity index (χ4v) is 1.83. The van der Waals surface area contributed by atoms with Gasteiger partial charge in [-0.3, -0.25) is 10.1 Å². The van der Waals surface area contributed by atoms with E-state index in [9.17, 15) is 10.1 Å². The fraction of sp³-hybridized carbons (Fsp3) is 0.500. The molecule has 98 valence electrons. The Morgan fingerprint density at radius 2 is 2.56 bits per heavy atom. The Morgan fingerprint density at radius 1 is 1.72 bits per heavy atom. The number of aromatic nitrogens is 1. The summed E-state index contributed by atoms with van der Waals surface area (Å²) in [6.07, 6.45) is 1.38. The van der Waals surface area contributed by atoms with E-state index >= 15 is 0 Å². The van der Waals surface area contributed by atoms with E-state index in [4.69, 9.17) is 16.3 Å². The van der Waals surface area contributed by atoms with E-state index < -0.39 is 4.92 Å². The van der Waals surface area contributed by atoms with Crippen LogP contribution in [0.1, 0.15) is 0 Å². The summed E-state index contributed by atoms with van der Waals surface area (Å²) in [5.41, 5.74) is -0.126. The second-order valence-corrected chi connectivity index (χ2v) is 4.32. The van der Waals surface area contributed by atoms with Crippen molar-refractivity contribution in [2.24, 2.45) is 0 Å². The van der Waals surface area contributed by atoms with Gasteiger partial charge in [0.25, 0.3) is 0 Å². The van der Waals surface area contributed by atoms with E-state index in [2.05, 4.69) is 15.6 Å². The summed E-state index contributed by atoms with van der Waals surface area (Å²) < 4.78 is 5.29. The quantitative estimate of drug-likeness (QED) is 0.629. The fourth-order valence-electron chi connectivity index (χ4n) is 1.67. The number of anilines is 1. The van der Waals surface area contributed by atoms with Gasteiger partial charge in [0.2, 0.25) is 5.82 Å². The van der Waals surface area contributed by atoms with Gasteiger partial charge in [-0.15, -0.1) is 0 Å². The first kappa shape index (κ1) is 13.0. The van der Waals surface area contributed by atoms with Crippen molar-refractivity contribution in [3.05, 3.63) is 27.4 Å². The van der Waals surface area contributed by atoms with Gasteiger partial charge in [0.1, 0.15) is 0 Å². The molecule has 0 aliphatic carbocycles. The standard InChI is InChI=1S/C10H13ClN4O3/c11-7-3-9(15(16)17)10(13-4-7)14-5-8-6-18-2-1-12-8/h3-4,8,12H,1-2,5-6H2,(H,13,14). The molecule has 0 radical (unpaired) electrons. The molecule has 1 unspecified atom stereocenters. The van der Waals surface area contributed by atoms with Crippen LogP contribution in [0, 0.1) is 10.1 Å². The van der Waals surface area contributed by atoms with Crippen molar-refractivity contribution in [1.29, 1.82) is 0 Å². The lowest BCUT2D eigenvalue weighted by molar-refractivity contribution is -0.384. The third-order valence-electron chi connectivity index (χ3n) is 2.55. The van der Waals surface area contributed by atoms with Crippen LogP contribution in [0.2, 0.25) is 5.02 Å². The average Bonchev–Trinajstić information content (AvgIpc) is 2.38. The molecule has 0 spiro atoms. The van der Waals surface area contributed by atoms with E-state index in [1.807, 2.05) is 0 Å². The van der Waals surface area contributed by atoms with Gasteiger partial charge in [-0.2, -0.15) is 0 Å². The summed E-state index contributed by atoms with van der Waals surface area (Å²) in [6, 6.07) is 1.40. The minimum absolute atomic E-state index is 0.121. The number of morpholine rings is 1. The normalized spacial score (nSPS) is 19.5. The smallest absolute Gasteiger partial charge is 0.312 e. The average molecular weight is 273 g/mol. The van der Waals surface area contributed by atoms with Crippen molar-refractivity contribution in [3.8, 4) is 0 Å². The molecule has 2 N–H and O–H groups in total. The van der Waals surface area contributed by atoms with Crippen LogP contribution in [0.4, 0.5) is 11.5 Å². The summed E-state index contributed by atoms with van der Waals surface area (Å²) in [5.74, 6) is 0.219. The highest BCUT2D eigenvalue weighted by molar-refractivity contribution is 6.30. The van der Waals surface area contributed by atoms with Crippen molar-refractivity contribution in [3.63, 3.8) is 0 Å². The number of pyridine rings is 1. The van der Waals surface area contributed by atoms with Gasteiger partial charge >= 0.3 is 5.69 Å². The van der Waals surface area contributed by atoms with Crippen molar-refractivity contribution in [2.75, 3.05) is 31.6 Å². The van der Waals surface area contributed by atoms with Gasteiger partial charge in [-0.05, 0) is 0 Å². The third kappa shape index (κ3) is 3.28. The minimum Gasteiger partial charge on any atom is -0.378 e. The first-order valence-corrected chi connectivity index (χ1v) is 5.89. The maximum Gasteiger partial charge on any atom is 0.312 e. The highest BCUT2D eigenvalue weighted by atomic mass is 35.5. The van der Waals surface area contributed by atoms with Crippen molar-refractivity contribution >= 4 is 23.1 Å². The predicted octanol–water partition coefficient (Wildman–Crippen LogP) is 1.04. The Balaban J connectivity index is 2.01. The Morgan fingerprint density at radius 3 is 3.22 bits per heavy atom.